The molecule has 0 radical (unpaired) electrons. The van der Waals surface area contributed by atoms with E-state index in [-0.39, 0.29) is 29.2 Å². The molecule has 196 valence electrons. The number of allylic oxidation sites excluding steroid dienone is 1. The molecule has 12 heteroatoms. The Morgan fingerprint density at radius 1 is 1.28 bits per heavy atom. The van der Waals surface area contributed by atoms with Crippen molar-refractivity contribution in [3.8, 4) is 11.5 Å². The monoisotopic (exact) mass is 512 g/mol. The minimum atomic E-state index is -4.80. The van der Waals surface area contributed by atoms with Gasteiger partial charge in [-0.3, -0.25) is 14.4 Å². The van der Waals surface area contributed by atoms with Crippen molar-refractivity contribution in [2.75, 3.05) is 26.8 Å². The van der Waals surface area contributed by atoms with Crippen molar-refractivity contribution in [3.63, 3.8) is 0 Å². The molecule has 0 aromatic heterocycles. The van der Waals surface area contributed by atoms with Crippen LogP contribution in [-0.2, 0) is 9.59 Å². The first-order valence-corrected chi connectivity index (χ1v) is 11.1. The Labute approximate surface area is 205 Å². The number of aliphatic hydroxyl groups is 2. The van der Waals surface area contributed by atoms with E-state index in [4.69, 9.17) is 14.6 Å². The molecular formula is C24H27F3N2O7. The highest BCUT2D eigenvalue weighted by molar-refractivity contribution is 5.97. The Kier molecular flexibility index (Phi) is 8.09. The number of rotatable bonds is 8. The lowest BCUT2D eigenvalue weighted by molar-refractivity contribution is -0.167. The number of carbonyl (C=O) groups excluding carboxylic acids is 3. The third-order valence-corrected chi connectivity index (χ3v) is 5.82. The van der Waals surface area contributed by atoms with Gasteiger partial charge in [0.25, 0.3) is 0 Å². The van der Waals surface area contributed by atoms with E-state index < -0.39 is 55.3 Å². The predicted molar refractivity (Wildman–Crippen MR) is 121 cm³/mol. The quantitative estimate of drug-likeness (QED) is 0.356. The van der Waals surface area contributed by atoms with Crippen molar-refractivity contribution in [2.45, 2.75) is 44.2 Å². The minimum Gasteiger partial charge on any atom is -0.493 e. The first-order valence-electron chi connectivity index (χ1n) is 11.1. The first-order chi connectivity index (χ1) is 16.9. The molecule has 2 amide bonds. The van der Waals surface area contributed by atoms with E-state index in [9.17, 15) is 32.7 Å². The molecule has 1 aromatic carbocycles. The number of nitrogens with one attached hydrogen (secondary N) is 1. The number of alkyl halides is 3. The van der Waals surface area contributed by atoms with Crippen molar-refractivity contribution in [3.05, 3.63) is 46.6 Å². The molecule has 0 saturated carbocycles. The summed E-state index contributed by atoms with van der Waals surface area (Å²) in [6.07, 6.45) is -5.06. The maximum atomic E-state index is 13.5. The number of benzene rings is 1. The molecule has 0 saturated heterocycles. The van der Waals surface area contributed by atoms with Crippen LogP contribution in [0.1, 0.15) is 35.7 Å². The van der Waals surface area contributed by atoms with E-state index in [0.717, 1.165) is 12.2 Å². The largest absolute Gasteiger partial charge is 0.493 e. The molecule has 3 rings (SSSR count). The summed E-state index contributed by atoms with van der Waals surface area (Å²) < 4.78 is 51.6. The molecule has 0 unspecified atom stereocenters. The molecule has 1 aliphatic carbocycles. The van der Waals surface area contributed by atoms with E-state index >= 15 is 0 Å². The molecule has 4 atom stereocenters. The maximum Gasteiger partial charge on any atom is 0.406 e. The molecule has 1 aliphatic heterocycles. The zero-order valence-corrected chi connectivity index (χ0v) is 19.8. The lowest BCUT2D eigenvalue weighted by Crippen LogP contribution is -2.57. The van der Waals surface area contributed by atoms with Crippen molar-refractivity contribution in [1.82, 2.24) is 10.2 Å². The molecule has 9 nitrogen and oxygen atoms in total. The maximum absolute atomic E-state index is 13.5. The van der Waals surface area contributed by atoms with Crippen LogP contribution in [0.15, 0.2) is 35.4 Å². The van der Waals surface area contributed by atoms with Crippen LogP contribution in [-0.4, -0.2) is 84.4 Å². The number of hydrogen-bond donors (Lipinski definition) is 3. The van der Waals surface area contributed by atoms with Gasteiger partial charge in [0.05, 0.1) is 25.7 Å². The van der Waals surface area contributed by atoms with Crippen molar-refractivity contribution in [2.24, 2.45) is 0 Å². The molecular weight excluding hydrogens is 485 g/mol. The van der Waals surface area contributed by atoms with Crippen molar-refractivity contribution in [1.29, 1.82) is 0 Å². The highest BCUT2D eigenvalue weighted by Gasteiger charge is 2.52. The Morgan fingerprint density at radius 3 is 2.53 bits per heavy atom. The number of fused-ring (bicyclic) bond motifs is 3. The summed E-state index contributed by atoms with van der Waals surface area (Å²) in [6, 6.07) is 1.25. The second-order valence-corrected chi connectivity index (χ2v) is 8.71. The number of carbonyl (C=O) groups is 3. The van der Waals surface area contributed by atoms with Crippen LogP contribution in [0.25, 0.3) is 0 Å². The van der Waals surface area contributed by atoms with Gasteiger partial charge in [-0.2, -0.15) is 13.2 Å². The van der Waals surface area contributed by atoms with Crippen LogP contribution in [0, 0.1) is 0 Å². The highest BCUT2D eigenvalue weighted by atomic mass is 19.4. The Balaban J connectivity index is 2.18. The van der Waals surface area contributed by atoms with Gasteiger partial charge >= 0.3 is 6.18 Å². The third kappa shape index (κ3) is 5.54. The van der Waals surface area contributed by atoms with E-state index in [1.165, 1.54) is 33.1 Å². The highest BCUT2D eigenvalue weighted by Crippen LogP contribution is 2.51. The average molecular weight is 512 g/mol. The number of methoxy groups -OCH3 is 1. The average Bonchev–Trinajstić information content (AvgIpc) is 3.20. The number of nitrogens with zero attached hydrogens (tertiary/aromatic N) is 1. The van der Waals surface area contributed by atoms with Gasteiger partial charge in [-0.15, -0.1) is 0 Å². The van der Waals surface area contributed by atoms with Crippen molar-refractivity contribution < 1.29 is 47.2 Å². The Morgan fingerprint density at radius 2 is 1.97 bits per heavy atom. The summed E-state index contributed by atoms with van der Waals surface area (Å²) in [5, 5.41) is 22.8. The number of amides is 2. The molecule has 0 fully saturated rings. The Hall–Kier alpha value is -3.38. The number of aldehydes is 1. The minimum absolute atomic E-state index is 0.0789. The van der Waals surface area contributed by atoms with Gasteiger partial charge in [0.15, 0.2) is 11.5 Å². The van der Waals surface area contributed by atoms with Crippen LogP contribution >= 0.6 is 0 Å². The molecule has 3 N–H and O–H groups in total. The summed E-state index contributed by atoms with van der Waals surface area (Å²) in [4.78, 5) is 37.8. The third-order valence-electron chi connectivity index (χ3n) is 5.82. The van der Waals surface area contributed by atoms with E-state index in [2.05, 4.69) is 5.32 Å². The van der Waals surface area contributed by atoms with E-state index in [0.29, 0.717) is 22.3 Å². The molecule has 0 spiro atoms. The molecule has 1 aromatic rings. The van der Waals surface area contributed by atoms with Crippen LogP contribution < -0.4 is 14.8 Å². The zero-order valence-electron chi connectivity index (χ0n) is 19.8. The second-order valence-electron chi connectivity index (χ2n) is 8.71. The van der Waals surface area contributed by atoms with Crippen LogP contribution in [0.4, 0.5) is 13.2 Å². The van der Waals surface area contributed by atoms with Gasteiger partial charge in [0.1, 0.15) is 25.0 Å². The van der Waals surface area contributed by atoms with Crippen LogP contribution in [0.2, 0.25) is 0 Å². The zero-order chi connectivity index (χ0) is 26.8. The summed E-state index contributed by atoms with van der Waals surface area (Å²) in [5.41, 5.74) is 0.877. The molecule has 2 aliphatic rings. The molecule has 0 bridgehead atoms. The van der Waals surface area contributed by atoms with Gasteiger partial charge in [-0.1, -0.05) is 5.57 Å². The number of hydrogen-bond acceptors (Lipinski definition) is 7. The normalized spacial score (nSPS) is 22.4. The number of aliphatic hydroxyl groups excluding tert-OH is 2. The van der Waals surface area contributed by atoms with Crippen molar-refractivity contribution >= 4 is 18.1 Å². The summed E-state index contributed by atoms with van der Waals surface area (Å²) in [6.45, 7) is 0.856. The molecule has 36 heavy (non-hydrogen) atoms. The van der Waals surface area contributed by atoms with Gasteiger partial charge in [-0.05, 0) is 32.1 Å². The van der Waals surface area contributed by atoms with E-state index in [1.54, 1.807) is 0 Å². The van der Waals surface area contributed by atoms with Gasteiger partial charge in [0, 0.05) is 29.3 Å². The predicted octanol–water partition coefficient (Wildman–Crippen LogP) is 1.49. The fourth-order valence-electron chi connectivity index (χ4n) is 4.41. The summed E-state index contributed by atoms with van der Waals surface area (Å²) in [7, 11) is 1.32. The smallest absolute Gasteiger partial charge is 0.406 e. The fourth-order valence-corrected chi connectivity index (χ4v) is 4.41. The van der Waals surface area contributed by atoms with Gasteiger partial charge in [0.2, 0.25) is 11.8 Å². The second kappa shape index (κ2) is 10.7. The summed E-state index contributed by atoms with van der Waals surface area (Å²) in [5.74, 6) is -2.46. The lowest BCUT2D eigenvalue weighted by atomic mass is 9.77. The number of ether oxygens (including phenoxy) is 2. The topological polar surface area (TPSA) is 125 Å². The van der Waals surface area contributed by atoms with Gasteiger partial charge in [-0.25, -0.2) is 0 Å². The lowest BCUT2D eigenvalue weighted by Gasteiger charge is -2.40. The number of halogens is 3. The summed E-state index contributed by atoms with van der Waals surface area (Å²) >= 11 is 0. The standard InChI is InChI=1S/C24H27F3N2O7/c1-12(2)6-18(32)29(11-24(25,26)27)16-9-15(23(34)28-4-5-30)19-14-7-13(10-31)8-17(35-3)21(14)36-22(19)20(16)33/h6-10,16,19-20,22,30,33H,4-5,11H2,1-3H3,(H,28,34)/t16-,19+,20+,22+/m1/s1. The van der Waals surface area contributed by atoms with Crippen LogP contribution in [0.3, 0.4) is 0 Å². The first kappa shape index (κ1) is 27.2. The van der Waals surface area contributed by atoms with E-state index in [1.807, 2.05) is 0 Å². The Bertz CT molecular complexity index is 1100. The molecule has 1 heterocycles. The SMILES string of the molecule is COc1cc(C=O)cc2c1O[C@@H]1[C@@H](O)[C@H](N(CC(F)(F)F)C(=O)C=C(C)C)C=C(C(=O)NCCO)[C@H]21. The van der Waals surface area contributed by atoms with Gasteiger partial charge < -0.3 is 29.9 Å². The fraction of sp³-hybridized carbons (Fsp3) is 0.458. The van der Waals surface area contributed by atoms with Crippen LogP contribution in [0.5, 0.6) is 11.5 Å².